The largest absolute Gasteiger partial charge is 0.496 e. The Balaban J connectivity index is 2.33. The van der Waals surface area contributed by atoms with Gasteiger partial charge in [-0.05, 0) is 19.9 Å². The number of carbonyl (C=O) groups is 1. The maximum absolute atomic E-state index is 12.3. The smallest absolute Gasteiger partial charge is 0.273 e. The van der Waals surface area contributed by atoms with E-state index in [1.54, 1.807) is 13.8 Å². The number of hydrogen-bond acceptors (Lipinski definition) is 5. The molecule has 2 rings (SSSR count). The van der Waals surface area contributed by atoms with Crippen LogP contribution in [0.3, 0.4) is 0 Å². The first-order chi connectivity index (χ1) is 9.93. The lowest BCUT2D eigenvalue weighted by Gasteiger charge is -2.09. The van der Waals surface area contributed by atoms with Crippen molar-refractivity contribution in [2.75, 3.05) is 12.4 Å². The predicted octanol–water partition coefficient (Wildman–Crippen LogP) is 2.20. The molecular formula is C13H14N4O4. The molecule has 0 radical (unpaired) electrons. The Morgan fingerprint density at radius 1 is 1.43 bits per heavy atom. The van der Waals surface area contributed by atoms with E-state index in [0.717, 1.165) is 5.69 Å². The van der Waals surface area contributed by atoms with Gasteiger partial charge in [0.2, 0.25) is 0 Å². The summed E-state index contributed by atoms with van der Waals surface area (Å²) < 4.78 is 5.05. The van der Waals surface area contributed by atoms with Crippen molar-refractivity contribution in [1.82, 2.24) is 10.2 Å². The predicted molar refractivity (Wildman–Crippen MR) is 75.7 cm³/mol. The van der Waals surface area contributed by atoms with Crippen molar-refractivity contribution in [1.29, 1.82) is 0 Å². The summed E-state index contributed by atoms with van der Waals surface area (Å²) in [6.07, 6.45) is 0. The van der Waals surface area contributed by atoms with Gasteiger partial charge in [0.15, 0.2) is 0 Å². The van der Waals surface area contributed by atoms with Gasteiger partial charge in [-0.3, -0.25) is 20.0 Å². The van der Waals surface area contributed by atoms with Crippen molar-refractivity contribution in [3.8, 4) is 5.75 Å². The highest BCUT2D eigenvalue weighted by atomic mass is 16.6. The minimum Gasteiger partial charge on any atom is -0.496 e. The van der Waals surface area contributed by atoms with Gasteiger partial charge in [0.25, 0.3) is 11.6 Å². The summed E-state index contributed by atoms with van der Waals surface area (Å²) in [5.74, 6) is -0.283. The summed E-state index contributed by atoms with van der Waals surface area (Å²) in [4.78, 5) is 22.5. The van der Waals surface area contributed by atoms with E-state index in [1.807, 2.05) is 0 Å². The van der Waals surface area contributed by atoms with Crippen LogP contribution in [0.1, 0.15) is 21.7 Å². The SMILES string of the molecule is COc1cc([N+](=O)[O-])ccc1C(=O)Nc1c(C)n[nH]c1C. The van der Waals surface area contributed by atoms with Crippen LogP contribution >= 0.6 is 0 Å². The molecule has 0 bridgehead atoms. The average molecular weight is 290 g/mol. The minimum atomic E-state index is -0.547. The molecule has 1 aromatic heterocycles. The van der Waals surface area contributed by atoms with Crippen molar-refractivity contribution in [3.05, 3.63) is 45.3 Å². The second-order valence-electron chi connectivity index (χ2n) is 4.40. The molecule has 0 spiro atoms. The number of ether oxygens (including phenoxy) is 1. The van der Waals surface area contributed by atoms with Crippen LogP contribution in [-0.4, -0.2) is 28.1 Å². The van der Waals surface area contributed by atoms with E-state index in [4.69, 9.17) is 4.74 Å². The van der Waals surface area contributed by atoms with E-state index < -0.39 is 10.8 Å². The number of methoxy groups -OCH3 is 1. The van der Waals surface area contributed by atoms with E-state index in [-0.39, 0.29) is 17.0 Å². The quantitative estimate of drug-likeness (QED) is 0.662. The van der Waals surface area contributed by atoms with E-state index in [1.165, 1.54) is 25.3 Å². The molecule has 0 saturated carbocycles. The second kappa shape index (κ2) is 5.61. The Hall–Kier alpha value is -2.90. The third-order valence-corrected chi connectivity index (χ3v) is 3.01. The van der Waals surface area contributed by atoms with E-state index in [9.17, 15) is 14.9 Å². The summed E-state index contributed by atoms with van der Waals surface area (Å²) in [5.41, 5.74) is 2.03. The third-order valence-electron chi connectivity index (χ3n) is 3.01. The molecule has 8 nitrogen and oxygen atoms in total. The molecule has 2 aromatic rings. The van der Waals surface area contributed by atoms with Crippen LogP contribution in [0, 0.1) is 24.0 Å². The number of H-pyrrole nitrogens is 1. The zero-order valence-electron chi connectivity index (χ0n) is 11.8. The maximum atomic E-state index is 12.3. The summed E-state index contributed by atoms with van der Waals surface area (Å²) >= 11 is 0. The van der Waals surface area contributed by atoms with Crippen LogP contribution < -0.4 is 10.1 Å². The van der Waals surface area contributed by atoms with Gasteiger partial charge < -0.3 is 10.1 Å². The van der Waals surface area contributed by atoms with E-state index >= 15 is 0 Å². The molecule has 1 aromatic carbocycles. The molecule has 8 heteroatoms. The van der Waals surface area contributed by atoms with E-state index in [2.05, 4.69) is 15.5 Å². The fourth-order valence-corrected chi connectivity index (χ4v) is 1.90. The highest BCUT2D eigenvalue weighted by Gasteiger charge is 2.18. The van der Waals surface area contributed by atoms with Gasteiger partial charge in [-0.2, -0.15) is 5.10 Å². The lowest BCUT2D eigenvalue weighted by Crippen LogP contribution is -2.14. The monoisotopic (exact) mass is 290 g/mol. The fourth-order valence-electron chi connectivity index (χ4n) is 1.90. The number of anilines is 1. The Morgan fingerprint density at radius 3 is 2.67 bits per heavy atom. The summed E-state index contributed by atoms with van der Waals surface area (Å²) in [6, 6.07) is 3.83. The molecule has 0 unspecified atom stereocenters. The number of benzene rings is 1. The normalized spacial score (nSPS) is 10.2. The molecule has 1 amide bonds. The number of aromatic amines is 1. The van der Waals surface area contributed by atoms with Crippen molar-refractivity contribution in [2.45, 2.75) is 13.8 Å². The van der Waals surface area contributed by atoms with Gasteiger partial charge >= 0.3 is 0 Å². The van der Waals surface area contributed by atoms with Gasteiger partial charge in [-0.15, -0.1) is 0 Å². The van der Waals surface area contributed by atoms with Crippen LogP contribution in [0.15, 0.2) is 18.2 Å². The van der Waals surface area contributed by atoms with Gasteiger partial charge in [-0.25, -0.2) is 0 Å². The number of aromatic nitrogens is 2. The minimum absolute atomic E-state index is 0.139. The van der Waals surface area contributed by atoms with Crippen LogP contribution in [0.2, 0.25) is 0 Å². The lowest BCUT2D eigenvalue weighted by molar-refractivity contribution is -0.384. The number of non-ortho nitro benzene ring substituents is 1. The first-order valence-electron chi connectivity index (χ1n) is 6.09. The molecule has 0 fully saturated rings. The van der Waals surface area contributed by atoms with Crippen LogP contribution in [0.4, 0.5) is 11.4 Å². The molecule has 21 heavy (non-hydrogen) atoms. The Morgan fingerprint density at radius 2 is 2.14 bits per heavy atom. The average Bonchev–Trinajstić information content (AvgIpc) is 2.78. The zero-order chi connectivity index (χ0) is 15.6. The summed E-state index contributed by atoms with van der Waals surface area (Å²) in [7, 11) is 1.35. The second-order valence-corrected chi connectivity index (χ2v) is 4.40. The van der Waals surface area contributed by atoms with Gasteiger partial charge in [-0.1, -0.05) is 0 Å². The zero-order valence-corrected chi connectivity index (χ0v) is 11.8. The number of aryl methyl sites for hydroxylation is 2. The number of hydrogen-bond donors (Lipinski definition) is 2. The van der Waals surface area contributed by atoms with Crippen molar-refractivity contribution < 1.29 is 14.5 Å². The first-order valence-corrected chi connectivity index (χ1v) is 6.09. The van der Waals surface area contributed by atoms with Crippen molar-refractivity contribution in [3.63, 3.8) is 0 Å². The molecular weight excluding hydrogens is 276 g/mol. The number of rotatable bonds is 4. The lowest BCUT2D eigenvalue weighted by atomic mass is 10.1. The fraction of sp³-hybridized carbons (Fsp3) is 0.231. The van der Waals surface area contributed by atoms with Gasteiger partial charge in [0, 0.05) is 6.07 Å². The molecule has 0 saturated heterocycles. The molecule has 1 heterocycles. The number of amides is 1. The van der Waals surface area contributed by atoms with Gasteiger partial charge in [0.05, 0.1) is 40.7 Å². The number of nitro benzene ring substituents is 1. The molecule has 2 N–H and O–H groups in total. The standard InChI is InChI=1S/C13H14N4O4/c1-7-12(8(2)16-15-7)14-13(18)10-5-4-9(17(19)20)6-11(10)21-3/h4-6H,1-3H3,(H,14,18)(H,15,16). The highest BCUT2D eigenvalue weighted by Crippen LogP contribution is 2.26. The Kier molecular flexibility index (Phi) is 3.88. The number of nitrogens with zero attached hydrogens (tertiary/aromatic N) is 2. The van der Waals surface area contributed by atoms with E-state index in [0.29, 0.717) is 11.4 Å². The van der Waals surface area contributed by atoms with Crippen LogP contribution in [-0.2, 0) is 0 Å². The van der Waals surface area contributed by atoms with Crippen molar-refractivity contribution >= 4 is 17.3 Å². The molecule has 0 aliphatic heterocycles. The van der Waals surface area contributed by atoms with Gasteiger partial charge in [0.1, 0.15) is 5.75 Å². The van der Waals surface area contributed by atoms with Crippen LogP contribution in [0.25, 0.3) is 0 Å². The summed E-state index contributed by atoms with van der Waals surface area (Å²) in [5, 5.41) is 20.2. The molecule has 0 aliphatic carbocycles. The number of carbonyl (C=O) groups excluding carboxylic acids is 1. The Bertz CT molecular complexity index is 689. The highest BCUT2D eigenvalue weighted by molar-refractivity contribution is 6.06. The third kappa shape index (κ3) is 2.83. The number of nitro groups is 1. The maximum Gasteiger partial charge on any atom is 0.273 e. The molecule has 110 valence electrons. The van der Waals surface area contributed by atoms with Crippen molar-refractivity contribution in [2.24, 2.45) is 0 Å². The Labute approximate surface area is 120 Å². The topological polar surface area (TPSA) is 110 Å². The molecule has 0 aliphatic rings. The summed E-state index contributed by atoms with van der Waals surface area (Å²) in [6.45, 7) is 3.54. The molecule has 0 atom stereocenters. The van der Waals surface area contributed by atoms with Crippen LogP contribution in [0.5, 0.6) is 5.75 Å². The number of nitrogens with one attached hydrogen (secondary N) is 2. The first kappa shape index (κ1) is 14.5.